The van der Waals surface area contributed by atoms with E-state index in [9.17, 15) is 4.79 Å². The van der Waals surface area contributed by atoms with Gasteiger partial charge in [-0.15, -0.1) is 0 Å². The number of nitrogens with zero attached hydrogens (tertiary/aromatic N) is 1. The summed E-state index contributed by atoms with van der Waals surface area (Å²) < 4.78 is 0. The van der Waals surface area contributed by atoms with Crippen molar-refractivity contribution in [2.45, 2.75) is 39.2 Å². The highest BCUT2D eigenvalue weighted by Crippen LogP contribution is 2.33. The van der Waals surface area contributed by atoms with Gasteiger partial charge in [-0.05, 0) is 25.7 Å². The highest BCUT2D eigenvalue weighted by Gasteiger charge is 2.34. The van der Waals surface area contributed by atoms with Crippen LogP contribution in [0, 0.1) is 11.8 Å². The van der Waals surface area contributed by atoms with Crippen molar-refractivity contribution in [3.05, 3.63) is 0 Å². The van der Waals surface area contributed by atoms with Crippen molar-refractivity contribution in [2.24, 2.45) is 11.8 Å². The summed E-state index contributed by atoms with van der Waals surface area (Å²) >= 11 is 0. The van der Waals surface area contributed by atoms with Gasteiger partial charge in [-0.3, -0.25) is 4.79 Å². The monoisotopic (exact) mass is 210 g/mol. The van der Waals surface area contributed by atoms with Gasteiger partial charge < -0.3 is 10.2 Å². The summed E-state index contributed by atoms with van der Waals surface area (Å²) in [6, 6.07) is 0.374. The third-order valence-corrected chi connectivity index (χ3v) is 3.96. The standard InChI is InChI=1S/C12H22N2O/c1-9-4-3-5-11(9)12(15)14-7-6-13-8-10(14)2/h9-11,13H,3-8H2,1-2H3/t9?,10-,11?/m1/s1. The largest absolute Gasteiger partial charge is 0.337 e. The molecule has 1 amide bonds. The third kappa shape index (κ3) is 2.17. The van der Waals surface area contributed by atoms with Gasteiger partial charge >= 0.3 is 0 Å². The number of carbonyl (C=O) groups is 1. The Kier molecular flexibility index (Phi) is 3.29. The Labute approximate surface area is 92.2 Å². The minimum atomic E-state index is 0.311. The van der Waals surface area contributed by atoms with E-state index in [1.54, 1.807) is 0 Å². The van der Waals surface area contributed by atoms with E-state index in [4.69, 9.17) is 0 Å². The molecule has 0 radical (unpaired) electrons. The lowest BCUT2D eigenvalue weighted by Crippen LogP contribution is -2.54. The Morgan fingerprint density at radius 1 is 1.33 bits per heavy atom. The molecule has 1 saturated heterocycles. The van der Waals surface area contributed by atoms with E-state index in [1.165, 1.54) is 12.8 Å². The van der Waals surface area contributed by atoms with Crippen LogP contribution in [0.3, 0.4) is 0 Å². The van der Waals surface area contributed by atoms with Crippen LogP contribution in [0.1, 0.15) is 33.1 Å². The summed E-state index contributed by atoms with van der Waals surface area (Å²) in [6.45, 7) is 7.17. The van der Waals surface area contributed by atoms with Crippen LogP contribution in [0.4, 0.5) is 0 Å². The molecule has 2 fully saturated rings. The molecule has 1 aliphatic heterocycles. The van der Waals surface area contributed by atoms with E-state index in [-0.39, 0.29) is 0 Å². The van der Waals surface area contributed by atoms with Gasteiger partial charge in [-0.25, -0.2) is 0 Å². The van der Waals surface area contributed by atoms with E-state index >= 15 is 0 Å². The van der Waals surface area contributed by atoms with Crippen molar-refractivity contribution in [3.8, 4) is 0 Å². The summed E-state index contributed by atoms with van der Waals surface area (Å²) in [4.78, 5) is 14.4. The maximum Gasteiger partial charge on any atom is 0.226 e. The number of carbonyl (C=O) groups excluding carboxylic acids is 1. The van der Waals surface area contributed by atoms with Gasteiger partial charge in [0, 0.05) is 31.6 Å². The fourth-order valence-corrected chi connectivity index (χ4v) is 2.89. The maximum atomic E-state index is 12.3. The number of amides is 1. The van der Waals surface area contributed by atoms with Gasteiger partial charge in [-0.1, -0.05) is 13.3 Å². The highest BCUT2D eigenvalue weighted by molar-refractivity contribution is 5.79. The molecule has 0 spiro atoms. The van der Waals surface area contributed by atoms with Crippen LogP contribution in [0.2, 0.25) is 0 Å². The Morgan fingerprint density at radius 2 is 2.13 bits per heavy atom. The van der Waals surface area contributed by atoms with Crippen LogP contribution in [-0.2, 0) is 4.79 Å². The van der Waals surface area contributed by atoms with Crippen molar-refractivity contribution >= 4 is 5.91 Å². The minimum absolute atomic E-state index is 0.311. The molecule has 2 rings (SSSR count). The lowest BCUT2D eigenvalue weighted by atomic mass is 9.95. The minimum Gasteiger partial charge on any atom is -0.337 e. The molecular formula is C12H22N2O. The second-order valence-corrected chi connectivity index (χ2v) is 5.10. The average molecular weight is 210 g/mol. The Bertz CT molecular complexity index is 242. The van der Waals surface area contributed by atoms with Crippen LogP contribution < -0.4 is 5.32 Å². The van der Waals surface area contributed by atoms with Crippen LogP contribution >= 0.6 is 0 Å². The number of rotatable bonds is 1. The molecule has 1 saturated carbocycles. The molecular weight excluding hydrogens is 188 g/mol. The first-order valence-corrected chi connectivity index (χ1v) is 6.21. The second-order valence-electron chi connectivity index (χ2n) is 5.10. The molecule has 0 aromatic carbocycles. The zero-order valence-electron chi connectivity index (χ0n) is 9.83. The SMILES string of the molecule is CC1CCCC1C(=O)N1CCNC[C@H]1C. The normalized spacial score (nSPS) is 36.9. The second kappa shape index (κ2) is 4.52. The fourth-order valence-electron chi connectivity index (χ4n) is 2.89. The first-order valence-electron chi connectivity index (χ1n) is 6.21. The zero-order valence-corrected chi connectivity index (χ0v) is 9.83. The fraction of sp³-hybridized carbons (Fsp3) is 0.917. The van der Waals surface area contributed by atoms with Crippen molar-refractivity contribution in [3.63, 3.8) is 0 Å². The number of piperazine rings is 1. The number of hydrogen-bond donors (Lipinski definition) is 1. The van der Waals surface area contributed by atoms with Crippen LogP contribution in [-0.4, -0.2) is 36.5 Å². The number of hydrogen-bond acceptors (Lipinski definition) is 2. The molecule has 3 nitrogen and oxygen atoms in total. The molecule has 2 aliphatic rings. The summed E-state index contributed by atoms with van der Waals surface area (Å²) in [7, 11) is 0. The van der Waals surface area contributed by atoms with Gasteiger partial charge in [-0.2, -0.15) is 0 Å². The predicted molar refractivity (Wildman–Crippen MR) is 60.5 cm³/mol. The van der Waals surface area contributed by atoms with E-state index in [2.05, 4.69) is 24.1 Å². The smallest absolute Gasteiger partial charge is 0.226 e. The van der Waals surface area contributed by atoms with Crippen molar-refractivity contribution in [2.75, 3.05) is 19.6 Å². The maximum absolute atomic E-state index is 12.3. The highest BCUT2D eigenvalue weighted by atomic mass is 16.2. The van der Waals surface area contributed by atoms with E-state index in [0.29, 0.717) is 23.8 Å². The van der Waals surface area contributed by atoms with Gasteiger partial charge in [0.1, 0.15) is 0 Å². The quantitative estimate of drug-likeness (QED) is 0.706. The molecule has 2 unspecified atom stereocenters. The molecule has 0 aromatic rings. The lowest BCUT2D eigenvalue weighted by molar-refractivity contribution is -0.139. The Hall–Kier alpha value is -0.570. The lowest BCUT2D eigenvalue weighted by Gasteiger charge is -2.36. The predicted octanol–water partition coefficient (Wildman–Crippen LogP) is 1.24. The summed E-state index contributed by atoms with van der Waals surface area (Å²) in [6.07, 6.45) is 3.57. The van der Waals surface area contributed by atoms with E-state index < -0.39 is 0 Å². The molecule has 3 atom stereocenters. The van der Waals surface area contributed by atoms with Gasteiger partial charge in [0.05, 0.1) is 0 Å². The first kappa shape index (κ1) is 10.9. The number of nitrogens with one attached hydrogen (secondary N) is 1. The first-order chi connectivity index (χ1) is 7.20. The van der Waals surface area contributed by atoms with Gasteiger partial charge in [0.2, 0.25) is 5.91 Å². The molecule has 0 aromatic heterocycles. The van der Waals surface area contributed by atoms with Crippen molar-refractivity contribution in [1.29, 1.82) is 0 Å². The van der Waals surface area contributed by atoms with Crippen molar-refractivity contribution < 1.29 is 4.79 Å². The van der Waals surface area contributed by atoms with Gasteiger partial charge in [0.15, 0.2) is 0 Å². The summed E-state index contributed by atoms with van der Waals surface area (Å²) in [5.74, 6) is 1.32. The summed E-state index contributed by atoms with van der Waals surface area (Å²) in [5, 5.41) is 3.33. The topological polar surface area (TPSA) is 32.3 Å². The molecule has 1 aliphatic carbocycles. The van der Waals surface area contributed by atoms with Gasteiger partial charge in [0.25, 0.3) is 0 Å². The van der Waals surface area contributed by atoms with Crippen molar-refractivity contribution in [1.82, 2.24) is 10.2 Å². The molecule has 1 heterocycles. The molecule has 0 bridgehead atoms. The van der Waals surface area contributed by atoms with Crippen LogP contribution in [0.5, 0.6) is 0 Å². The molecule has 3 heteroatoms. The van der Waals surface area contributed by atoms with Crippen LogP contribution in [0.15, 0.2) is 0 Å². The van der Waals surface area contributed by atoms with E-state index in [0.717, 1.165) is 26.1 Å². The summed E-state index contributed by atoms with van der Waals surface area (Å²) in [5.41, 5.74) is 0. The molecule has 15 heavy (non-hydrogen) atoms. The van der Waals surface area contributed by atoms with Crippen LogP contribution in [0.25, 0.3) is 0 Å². The van der Waals surface area contributed by atoms with E-state index in [1.807, 2.05) is 0 Å². The Morgan fingerprint density at radius 3 is 2.73 bits per heavy atom. The Balaban J connectivity index is 1.99. The third-order valence-electron chi connectivity index (χ3n) is 3.96. The molecule has 1 N–H and O–H groups in total. The average Bonchev–Trinajstić information content (AvgIpc) is 2.64. The zero-order chi connectivity index (χ0) is 10.8. The molecule has 86 valence electrons.